The van der Waals surface area contributed by atoms with Crippen LogP contribution in [0.4, 0.5) is 0 Å². The summed E-state index contributed by atoms with van der Waals surface area (Å²) in [5.41, 5.74) is 3.92. The molecule has 0 spiro atoms. The van der Waals surface area contributed by atoms with Gasteiger partial charge in [0.1, 0.15) is 12.1 Å². The SMILES string of the molecule is C=PCOc1ccc(C)cc1C(CCN(C(C)C)C(C)C(C)C)c1ccccc1. The van der Waals surface area contributed by atoms with Crippen molar-refractivity contribution in [3.63, 3.8) is 0 Å². The molecule has 0 N–H and O–H groups in total. The summed E-state index contributed by atoms with van der Waals surface area (Å²) >= 11 is 0. The molecule has 2 aromatic rings. The minimum atomic E-state index is 0.313. The molecule has 2 nitrogen and oxygen atoms in total. The zero-order valence-corrected chi connectivity index (χ0v) is 20.0. The van der Waals surface area contributed by atoms with Crippen molar-refractivity contribution in [1.82, 2.24) is 4.90 Å². The molecule has 3 heteroatoms. The van der Waals surface area contributed by atoms with Gasteiger partial charge in [-0.1, -0.05) is 76.4 Å². The van der Waals surface area contributed by atoms with Crippen LogP contribution in [0.5, 0.6) is 5.75 Å². The van der Waals surface area contributed by atoms with Crippen molar-refractivity contribution in [2.75, 3.05) is 12.9 Å². The number of hydrogen-bond acceptors (Lipinski definition) is 2. The molecule has 158 valence electrons. The summed E-state index contributed by atoms with van der Waals surface area (Å²) < 4.78 is 6.10. The summed E-state index contributed by atoms with van der Waals surface area (Å²) in [5, 5.41) is 0. The van der Waals surface area contributed by atoms with E-state index in [2.05, 4.69) is 101 Å². The van der Waals surface area contributed by atoms with Crippen LogP contribution < -0.4 is 4.74 Å². The Morgan fingerprint density at radius 1 is 1.00 bits per heavy atom. The predicted octanol–water partition coefficient (Wildman–Crippen LogP) is 6.99. The summed E-state index contributed by atoms with van der Waals surface area (Å²) in [5.74, 6) is 1.95. The van der Waals surface area contributed by atoms with E-state index in [9.17, 15) is 0 Å². The minimum absolute atomic E-state index is 0.313. The van der Waals surface area contributed by atoms with Gasteiger partial charge in [-0.3, -0.25) is 4.90 Å². The molecule has 0 amide bonds. The molecule has 2 unspecified atom stereocenters. The molecule has 0 aromatic heterocycles. The van der Waals surface area contributed by atoms with Crippen LogP contribution in [0.25, 0.3) is 0 Å². The van der Waals surface area contributed by atoms with Crippen LogP contribution in [0, 0.1) is 12.8 Å². The highest BCUT2D eigenvalue weighted by molar-refractivity contribution is 7.36. The monoisotopic (exact) mass is 411 g/mol. The molecular formula is C26H38NOP. The molecule has 0 saturated carbocycles. The van der Waals surface area contributed by atoms with Gasteiger partial charge in [-0.05, 0) is 58.2 Å². The Kier molecular flexibility index (Phi) is 9.40. The Balaban J connectivity index is 2.39. The molecule has 0 radical (unpaired) electrons. The summed E-state index contributed by atoms with van der Waals surface area (Å²) in [6, 6.07) is 18.5. The first-order valence-electron chi connectivity index (χ1n) is 10.8. The van der Waals surface area contributed by atoms with Gasteiger partial charge >= 0.3 is 0 Å². The van der Waals surface area contributed by atoms with E-state index in [1.165, 1.54) is 16.7 Å². The van der Waals surface area contributed by atoms with Gasteiger partial charge in [0.2, 0.25) is 0 Å². The molecule has 2 aromatic carbocycles. The third-order valence-corrected chi connectivity index (χ3v) is 6.19. The van der Waals surface area contributed by atoms with Crippen LogP contribution in [-0.4, -0.2) is 36.2 Å². The molecule has 29 heavy (non-hydrogen) atoms. The average molecular weight is 412 g/mol. The highest BCUT2D eigenvalue weighted by Gasteiger charge is 2.24. The highest BCUT2D eigenvalue weighted by atomic mass is 31.1. The molecule has 0 bridgehead atoms. The first-order valence-corrected chi connectivity index (χ1v) is 12.1. The Morgan fingerprint density at radius 2 is 1.69 bits per heavy atom. The normalized spacial score (nSPS) is 14.0. The van der Waals surface area contributed by atoms with E-state index in [4.69, 9.17) is 4.74 Å². The summed E-state index contributed by atoms with van der Waals surface area (Å²) in [4.78, 5) is 2.64. The second-order valence-electron chi connectivity index (χ2n) is 8.61. The van der Waals surface area contributed by atoms with Gasteiger partial charge in [-0.2, -0.15) is 0 Å². The molecule has 0 aliphatic carbocycles. The molecule has 0 aliphatic rings. The highest BCUT2D eigenvalue weighted by Crippen LogP contribution is 2.36. The number of ether oxygens (including phenoxy) is 1. The van der Waals surface area contributed by atoms with Gasteiger partial charge in [0.15, 0.2) is 0 Å². The molecule has 2 atom stereocenters. The second-order valence-corrected chi connectivity index (χ2v) is 9.31. The largest absolute Gasteiger partial charge is 0.485 e. The topological polar surface area (TPSA) is 12.5 Å². The van der Waals surface area contributed by atoms with Crippen LogP contribution in [-0.2, 0) is 0 Å². The van der Waals surface area contributed by atoms with Gasteiger partial charge < -0.3 is 4.74 Å². The maximum atomic E-state index is 6.10. The summed E-state index contributed by atoms with van der Waals surface area (Å²) in [6.45, 7) is 14.8. The molecule has 2 rings (SSSR count). The van der Waals surface area contributed by atoms with Crippen LogP contribution >= 0.6 is 8.20 Å². The Hall–Kier alpha value is -1.63. The number of rotatable bonds is 11. The maximum absolute atomic E-state index is 6.10. The molecule has 0 aliphatic heterocycles. The number of nitrogens with zero attached hydrogens (tertiary/aromatic N) is 1. The standard InChI is InChI=1S/C26H38NOP/c1-19(2)22(6)27(20(3)4)16-15-24(23-11-9-8-10-12-23)25-17-21(5)13-14-26(25)28-18-29-7/h8-14,17,19-20,22,24H,7,15-16,18H2,1-6H3. The lowest BCUT2D eigenvalue weighted by Gasteiger charge is -2.36. The zero-order valence-electron chi connectivity index (χ0n) is 19.1. The second kappa shape index (κ2) is 11.5. The van der Waals surface area contributed by atoms with Crippen molar-refractivity contribution in [1.29, 1.82) is 0 Å². The van der Waals surface area contributed by atoms with E-state index in [0.717, 1.165) is 26.9 Å². The lowest BCUT2D eigenvalue weighted by Crippen LogP contribution is -2.42. The van der Waals surface area contributed by atoms with E-state index in [1.54, 1.807) is 0 Å². The lowest BCUT2D eigenvalue weighted by atomic mass is 9.86. The molecular weight excluding hydrogens is 373 g/mol. The van der Waals surface area contributed by atoms with Gasteiger partial charge in [0, 0.05) is 23.6 Å². The van der Waals surface area contributed by atoms with Crippen LogP contribution in [0.2, 0.25) is 0 Å². The van der Waals surface area contributed by atoms with Gasteiger partial charge in [-0.15, -0.1) is 0 Å². The van der Waals surface area contributed by atoms with Crippen LogP contribution in [0.3, 0.4) is 0 Å². The smallest absolute Gasteiger partial charge is 0.129 e. The number of benzene rings is 2. The quantitative estimate of drug-likeness (QED) is 0.370. The fraction of sp³-hybridized carbons (Fsp3) is 0.500. The average Bonchev–Trinajstić information content (AvgIpc) is 2.70. The Morgan fingerprint density at radius 3 is 2.28 bits per heavy atom. The van der Waals surface area contributed by atoms with E-state index in [0.29, 0.717) is 30.3 Å². The van der Waals surface area contributed by atoms with Gasteiger partial charge in [-0.25, -0.2) is 0 Å². The van der Waals surface area contributed by atoms with Crippen molar-refractivity contribution in [3.05, 3.63) is 65.2 Å². The van der Waals surface area contributed by atoms with E-state index < -0.39 is 0 Å². The van der Waals surface area contributed by atoms with Crippen molar-refractivity contribution in [3.8, 4) is 5.75 Å². The Bertz CT molecular complexity index is 757. The maximum Gasteiger partial charge on any atom is 0.129 e. The van der Waals surface area contributed by atoms with Crippen LogP contribution in [0.15, 0.2) is 48.5 Å². The fourth-order valence-corrected chi connectivity index (χ4v) is 4.20. The summed E-state index contributed by atoms with van der Waals surface area (Å²) in [6.07, 6.45) is 5.60. The summed E-state index contributed by atoms with van der Waals surface area (Å²) in [7, 11) is 1.00. The van der Waals surface area contributed by atoms with E-state index in [-0.39, 0.29) is 0 Å². The van der Waals surface area contributed by atoms with E-state index in [1.807, 2.05) is 0 Å². The molecule has 0 heterocycles. The Labute approximate surface area is 180 Å². The molecule has 0 fully saturated rings. The lowest BCUT2D eigenvalue weighted by molar-refractivity contribution is 0.126. The first kappa shape index (κ1) is 23.6. The van der Waals surface area contributed by atoms with Crippen molar-refractivity contribution in [2.45, 2.75) is 66.0 Å². The van der Waals surface area contributed by atoms with Crippen LogP contribution in [0.1, 0.15) is 63.6 Å². The fourth-order valence-electron chi connectivity index (χ4n) is 3.97. The molecule has 0 saturated heterocycles. The van der Waals surface area contributed by atoms with Gasteiger partial charge in [0.05, 0.1) is 0 Å². The zero-order chi connectivity index (χ0) is 21.4. The minimum Gasteiger partial charge on any atom is -0.485 e. The first-order chi connectivity index (χ1) is 13.8. The van der Waals surface area contributed by atoms with Crippen molar-refractivity contribution in [2.24, 2.45) is 5.92 Å². The third-order valence-electron chi connectivity index (χ3n) is 5.88. The van der Waals surface area contributed by atoms with Crippen molar-refractivity contribution < 1.29 is 4.74 Å². The van der Waals surface area contributed by atoms with Crippen molar-refractivity contribution >= 4 is 14.5 Å². The third kappa shape index (κ3) is 6.69. The predicted molar refractivity (Wildman–Crippen MR) is 130 cm³/mol. The number of hydrogen-bond donors (Lipinski definition) is 0. The van der Waals surface area contributed by atoms with Gasteiger partial charge in [0.25, 0.3) is 0 Å². The van der Waals surface area contributed by atoms with E-state index >= 15 is 0 Å². The number of aryl methyl sites for hydroxylation is 1.